The molecular weight excluding hydrogens is 370 g/mol. The number of aromatic nitrogens is 1. The lowest BCUT2D eigenvalue weighted by Crippen LogP contribution is -2.34. The topological polar surface area (TPSA) is 88.6 Å². The highest BCUT2D eigenvalue weighted by Gasteiger charge is 2.18. The third-order valence-corrected chi connectivity index (χ3v) is 4.16. The number of rotatable bonds is 7. The molecule has 0 unspecified atom stereocenters. The number of amides is 2. The normalized spacial score (nSPS) is 10.2. The van der Waals surface area contributed by atoms with E-state index < -0.39 is 5.97 Å². The van der Waals surface area contributed by atoms with Crippen molar-refractivity contribution in [3.63, 3.8) is 0 Å². The number of ether oxygens (including phenoxy) is 1. The molecule has 0 aliphatic rings. The maximum Gasteiger partial charge on any atom is 0.337 e. The molecule has 0 radical (unpaired) electrons. The number of benzene rings is 1. The van der Waals surface area contributed by atoms with Crippen molar-refractivity contribution in [1.29, 1.82) is 0 Å². The van der Waals surface area contributed by atoms with Gasteiger partial charge in [0.2, 0.25) is 11.8 Å². The fourth-order valence-corrected chi connectivity index (χ4v) is 2.63. The second-order valence-corrected chi connectivity index (χ2v) is 6.12. The molecule has 1 N–H and O–H groups in total. The molecule has 8 heteroatoms. The van der Waals surface area contributed by atoms with Crippen LogP contribution in [0.4, 0.5) is 5.69 Å². The monoisotopic (exact) mass is 389 g/mol. The molecule has 2 rings (SSSR count). The Balaban J connectivity index is 2.04. The zero-order valence-electron chi connectivity index (χ0n) is 15.1. The zero-order valence-corrected chi connectivity index (χ0v) is 15.8. The third kappa shape index (κ3) is 5.79. The number of methoxy groups -OCH3 is 1. The summed E-state index contributed by atoms with van der Waals surface area (Å²) < 4.78 is 4.69. The summed E-state index contributed by atoms with van der Waals surface area (Å²) in [5.41, 5.74) is 1.55. The van der Waals surface area contributed by atoms with Crippen molar-refractivity contribution in [2.24, 2.45) is 0 Å². The van der Waals surface area contributed by atoms with E-state index in [0.717, 1.165) is 5.56 Å². The van der Waals surface area contributed by atoms with Crippen molar-refractivity contribution in [3.8, 4) is 0 Å². The van der Waals surface area contributed by atoms with Gasteiger partial charge in [0, 0.05) is 38.8 Å². The maximum atomic E-state index is 12.1. The molecule has 0 bridgehead atoms. The Labute approximate surface area is 162 Å². The van der Waals surface area contributed by atoms with Crippen molar-refractivity contribution in [2.75, 3.05) is 18.6 Å². The minimum atomic E-state index is -0.536. The van der Waals surface area contributed by atoms with Crippen LogP contribution >= 0.6 is 11.6 Å². The summed E-state index contributed by atoms with van der Waals surface area (Å²) in [5.74, 6) is -1.04. The van der Waals surface area contributed by atoms with Gasteiger partial charge in [-0.3, -0.25) is 14.6 Å². The van der Waals surface area contributed by atoms with Crippen LogP contribution in [0.15, 0.2) is 42.7 Å². The molecule has 1 aromatic carbocycles. The van der Waals surface area contributed by atoms with Crippen LogP contribution in [-0.4, -0.2) is 36.4 Å². The van der Waals surface area contributed by atoms with Crippen LogP contribution in [0.3, 0.4) is 0 Å². The molecule has 0 fully saturated rings. The number of carbonyl (C=O) groups excluding carboxylic acids is 3. The van der Waals surface area contributed by atoms with Crippen LogP contribution < -0.4 is 10.2 Å². The van der Waals surface area contributed by atoms with E-state index in [9.17, 15) is 14.4 Å². The first-order chi connectivity index (χ1) is 12.9. The molecule has 0 saturated carbocycles. The lowest BCUT2D eigenvalue weighted by Gasteiger charge is -2.22. The molecule has 0 aliphatic carbocycles. The Morgan fingerprint density at radius 1 is 1.19 bits per heavy atom. The van der Waals surface area contributed by atoms with E-state index in [0.29, 0.717) is 17.3 Å². The van der Waals surface area contributed by atoms with Crippen molar-refractivity contribution in [3.05, 3.63) is 58.9 Å². The van der Waals surface area contributed by atoms with Crippen molar-refractivity contribution in [2.45, 2.75) is 19.9 Å². The Morgan fingerprint density at radius 2 is 1.89 bits per heavy atom. The van der Waals surface area contributed by atoms with E-state index in [1.54, 1.807) is 24.5 Å². The first kappa shape index (κ1) is 20.4. The number of pyridine rings is 1. The lowest BCUT2D eigenvalue weighted by atomic mass is 10.1. The van der Waals surface area contributed by atoms with Gasteiger partial charge in [-0.05, 0) is 35.9 Å². The van der Waals surface area contributed by atoms with Crippen LogP contribution in [0.2, 0.25) is 5.02 Å². The quantitative estimate of drug-likeness (QED) is 0.735. The minimum absolute atomic E-state index is 0.0868. The number of carbonyl (C=O) groups is 3. The second-order valence-electron chi connectivity index (χ2n) is 5.71. The molecule has 7 nitrogen and oxygen atoms in total. The summed E-state index contributed by atoms with van der Waals surface area (Å²) in [7, 11) is 1.27. The first-order valence-electron chi connectivity index (χ1n) is 8.24. The molecule has 1 aromatic heterocycles. The molecule has 2 amide bonds. The smallest absolute Gasteiger partial charge is 0.337 e. The average molecular weight is 390 g/mol. The van der Waals surface area contributed by atoms with Crippen LogP contribution in [0.25, 0.3) is 0 Å². The molecule has 1 heterocycles. The Kier molecular flexibility index (Phi) is 7.31. The largest absolute Gasteiger partial charge is 0.465 e. The minimum Gasteiger partial charge on any atom is -0.465 e. The van der Waals surface area contributed by atoms with Gasteiger partial charge in [0.15, 0.2) is 0 Å². The Bertz CT molecular complexity index is 827. The maximum absolute atomic E-state index is 12.1. The van der Waals surface area contributed by atoms with Gasteiger partial charge in [0.25, 0.3) is 0 Å². The van der Waals surface area contributed by atoms with Gasteiger partial charge in [-0.25, -0.2) is 4.79 Å². The molecular formula is C19H20ClN3O4. The van der Waals surface area contributed by atoms with E-state index >= 15 is 0 Å². The summed E-state index contributed by atoms with van der Waals surface area (Å²) in [4.78, 5) is 41.2. The van der Waals surface area contributed by atoms with Gasteiger partial charge in [0.05, 0.1) is 23.4 Å². The van der Waals surface area contributed by atoms with E-state index in [-0.39, 0.29) is 30.3 Å². The summed E-state index contributed by atoms with van der Waals surface area (Å²) in [6.45, 7) is 1.87. The van der Waals surface area contributed by atoms with Gasteiger partial charge in [-0.1, -0.05) is 11.6 Å². The summed E-state index contributed by atoms with van der Waals surface area (Å²) in [6, 6.07) is 8.12. The van der Waals surface area contributed by atoms with E-state index in [1.165, 1.54) is 37.1 Å². The van der Waals surface area contributed by atoms with Crippen molar-refractivity contribution < 1.29 is 19.1 Å². The zero-order chi connectivity index (χ0) is 19.8. The van der Waals surface area contributed by atoms with Gasteiger partial charge < -0.3 is 15.0 Å². The first-order valence-corrected chi connectivity index (χ1v) is 8.61. The molecule has 142 valence electrons. The Hall–Kier alpha value is -2.93. The third-order valence-electron chi connectivity index (χ3n) is 3.84. The van der Waals surface area contributed by atoms with E-state index in [2.05, 4.69) is 15.0 Å². The molecule has 27 heavy (non-hydrogen) atoms. The van der Waals surface area contributed by atoms with Crippen LogP contribution in [0.1, 0.15) is 29.3 Å². The fourth-order valence-electron chi connectivity index (χ4n) is 2.41. The fraction of sp³-hybridized carbons (Fsp3) is 0.263. The standard InChI is InChI=1S/C19H20ClN3O4/c1-13(24)23(17-11-15(19(26)27-2)3-4-16(17)20)10-7-18(25)22-12-14-5-8-21-9-6-14/h3-6,8-9,11H,7,10,12H2,1-2H3,(H,22,25). The van der Waals surface area contributed by atoms with Gasteiger partial charge >= 0.3 is 5.97 Å². The van der Waals surface area contributed by atoms with Gasteiger partial charge in [0.1, 0.15) is 0 Å². The number of anilines is 1. The number of nitrogens with one attached hydrogen (secondary N) is 1. The Morgan fingerprint density at radius 3 is 2.52 bits per heavy atom. The number of hydrogen-bond acceptors (Lipinski definition) is 5. The second kappa shape index (κ2) is 9.68. The van der Waals surface area contributed by atoms with Gasteiger partial charge in [-0.2, -0.15) is 0 Å². The van der Waals surface area contributed by atoms with E-state index in [4.69, 9.17) is 11.6 Å². The number of hydrogen-bond donors (Lipinski definition) is 1. The lowest BCUT2D eigenvalue weighted by molar-refractivity contribution is -0.121. The summed E-state index contributed by atoms with van der Waals surface area (Å²) >= 11 is 6.19. The van der Waals surface area contributed by atoms with E-state index in [1.807, 2.05) is 0 Å². The number of halogens is 1. The molecule has 0 spiro atoms. The number of esters is 1. The molecule has 2 aromatic rings. The van der Waals surface area contributed by atoms with Crippen molar-refractivity contribution in [1.82, 2.24) is 10.3 Å². The molecule has 0 atom stereocenters. The van der Waals surface area contributed by atoms with Crippen LogP contribution in [-0.2, 0) is 20.9 Å². The highest BCUT2D eigenvalue weighted by Crippen LogP contribution is 2.28. The average Bonchev–Trinajstić information content (AvgIpc) is 2.67. The highest BCUT2D eigenvalue weighted by atomic mass is 35.5. The predicted octanol–water partition coefficient (Wildman–Crippen LogP) is 2.58. The summed E-state index contributed by atoms with van der Waals surface area (Å²) in [6.07, 6.45) is 3.38. The molecule has 0 saturated heterocycles. The van der Waals surface area contributed by atoms with Gasteiger partial charge in [-0.15, -0.1) is 0 Å². The SMILES string of the molecule is COC(=O)c1ccc(Cl)c(N(CCC(=O)NCc2ccncc2)C(C)=O)c1. The van der Waals surface area contributed by atoms with Crippen LogP contribution in [0.5, 0.6) is 0 Å². The number of nitrogens with zero attached hydrogens (tertiary/aromatic N) is 2. The predicted molar refractivity (Wildman–Crippen MR) is 102 cm³/mol. The summed E-state index contributed by atoms with van der Waals surface area (Å²) in [5, 5.41) is 3.09. The molecule has 0 aliphatic heterocycles. The van der Waals surface area contributed by atoms with Crippen LogP contribution in [0, 0.1) is 0 Å². The highest BCUT2D eigenvalue weighted by molar-refractivity contribution is 6.34. The van der Waals surface area contributed by atoms with Crippen molar-refractivity contribution >= 4 is 35.1 Å².